The average Bonchev–Trinajstić information content (AvgIpc) is 2.57. The quantitative estimate of drug-likeness (QED) is 0.787. The summed E-state index contributed by atoms with van der Waals surface area (Å²) in [6, 6.07) is 10.6. The second-order valence-corrected chi connectivity index (χ2v) is 3.97. The van der Waals surface area contributed by atoms with Gasteiger partial charge in [0, 0.05) is 16.5 Å². The van der Waals surface area contributed by atoms with Gasteiger partial charge in [-0.15, -0.1) is 0 Å². The number of fused-ring (bicyclic) bond motifs is 1. The van der Waals surface area contributed by atoms with Crippen LogP contribution in [0.2, 0.25) is 0 Å². The topological polar surface area (TPSA) is 15.8 Å². The molecule has 0 atom stereocenters. The first-order chi connectivity index (χ1) is 6.40. The van der Waals surface area contributed by atoms with Gasteiger partial charge in [-0.05, 0) is 30.4 Å². The number of H-pyrrole nitrogens is 1. The largest absolute Gasteiger partial charge is 0.358 e. The van der Waals surface area contributed by atoms with Crippen LogP contribution >= 0.6 is 15.9 Å². The van der Waals surface area contributed by atoms with Crippen molar-refractivity contribution in [3.05, 3.63) is 36.0 Å². The summed E-state index contributed by atoms with van der Waals surface area (Å²) in [6.45, 7) is 0. The summed E-state index contributed by atoms with van der Waals surface area (Å²) in [6.07, 6.45) is 2.31. The number of alkyl halides is 1. The standard InChI is InChI=1S/C11H12BrN/c12-7-3-5-10-8-9-4-1-2-6-11(9)13-10/h1-2,4,6,8,13H,3,5,7H2. The third kappa shape index (κ3) is 1.94. The molecule has 0 aliphatic rings. The van der Waals surface area contributed by atoms with E-state index in [-0.39, 0.29) is 0 Å². The zero-order valence-electron chi connectivity index (χ0n) is 7.39. The molecule has 0 aliphatic heterocycles. The van der Waals surface area contributed by atoms with Gasteiger partial charge >= 0.3 is 0 Å². The van der Waals surface area contributed by atoms with E-state index in [1.54, 1.807) is 0 Å². The first kappa shape index (κ1) is 8.82. The highest BCUT2D eigenvalue weighted by atomic mass is 79.9. The SMILES string of the molecule is BrCCCc1cc2ccccc2[nH]1. The molecule has 0 saturated heterocycles. The van der Waals surface area contributed by atoms with Crippen LogP contribution in [0.25, 0.3) is 10.9 Å². The molecule has 0 amide bonds. The lowest BCUT2D eigenvalue weighted by molar-refractivity contribution is 0.911. The lowest BCUT2D eigenvalue weighted by Gasteiger charge is -1.91. The smallest absolute Gasteiger partial charge is 0.0456 e. The molecular weight excluding hydrogens is 226 g/mol. The summed E-state index contributed by atoms with van der Waals surface area (Å²) in [7, 11) is 0. The Balaban J connectivity index is 2.28. The number of rotatable bonds is 3. The van der Waals surface area contributed by atoms with E-state index < -0.39 is 0 Å². The molecule has 1 nitrogen and oxygen atoms in total. The van der Waals surface area contributed by atoms with Crippen molar-refractivity contribution in [2.75, 3.05) is 5.33 Å². The van der Waals surface area contributed by atoms with E-state index in [0.29, 0.717) is 0 Å². The number of para-hydroxylation sites is 1. The highest BCUT2D eigenvalue weighted by Gasteiger charge is 1.98. The van der Waals surface area contributed by atoms with Crippen LogP contribution < -0.4 is 0 Å². The maximum absolute atomic E-state index is 3.44. The van der Waals surface area contributed by atoms with Crippen molar-refractivity contribution in [1.82, 2.24) is 4.98 Å². The molecular formula is C11H12BrN. The molecule has 0 bridgehead atoms. The molecule has 13 heavy (non-hydrogen) atoms. The Labute approximate surface area is 86.3 Å². The predicted molar refractivity (Wildman–Crippen MR) is 60.4 cm³/mol. The van der Waals surface area contributed by atoms with Crippen molar-refractivity contribution in [1.29, 1.82) is 0 Å². The van der Waals surface area contributed by atoms with Gasteiger partial charge in [0.1, 0.15) is 0 Å². The third-order valence-corrected chi connectivity index (χ3v) is 2.73. The zero-order valence-corrected chi connectivity index (χ0v) is 8.97. The zero-order chi connectivity index (χ0) is 9.10. The Morgan fingerprint density at radius 1 is 1.23 bits per heavy atom. The number of aromatic amines is 1. The van der Waals surface area contributed by atoms with Gasteiger partial charge in [0.15, 0.2) is 0 Å². The monoisotopic (exact) mass is 237 g/mol. The highest BCUT2D eigenvalue weighted by molar-refractivity contribution is 9.09. The molecule has 0 fully saturated rings. The maximum Gasteiger partial charge on any atom is 0.0456 e. The number of aromatic nitrogens is 1. The van der Waals surface area contributed by atoms with Crippen LogP contribution in [-0.4, -0.2) is 10.3 Å². The highest BCUT2D eigenvalue weighted by Crippen LogP contribution is 2.15. The minimum absolute atomic E-state index is 1.07. The molecule has 68 valence electrons. The molecule has 1 heterocycles. The fourth-order valence-corrected chi connectivity index (χ4v) is 1.81. The summed E-state index contributed by atoms with van der Waals surface area (Å²) < 4.78 is 0. The van der Waals surface area contributed by atoms with Crippen LogP contribution in [0.1, 0.15) is 12.1 Å². The van der Waals surface area contributed by atoms with Gasteiger partial charge in [-0.25, -0.2) is 0 Å². The molecule has 1 aromatic heterocycles. The van der Waals surface area contributed by atoms with Gasteiger partial charge < -0.3 is 4.98 Å². The summed E-state index contributed by atoms with van der Waals surface area (Å²) in [5, 5.41) is 2.38. The summed E-state index contributed by atoms with van der Waals surface area (Å²) in [5.74, 6) is 0. The summed E-state index contributed by atoms with van der Waals surface area (Å²) >= 11 is 3.44. The van der Waals surface area contributed by atoms with E-state index in [9.17, 15) is 0 Å². The normalized spacial score (nSPS) is 10.8. The Morgan fingerprint density at radius 3 is 2.85 bits per heavy atom. The van der Waals surface area contributed by atoms with Crippen LogP contribution in [0.15, 0.2) is 30.3 Å². The van der Waals surface area contributed by atoms with Gasteiger partial charge in [-0.2, -0.15) is 0 Å². The molecule has 0 saturated carbocycles. The van der Waals surface area contributed by atoms with Crippen LogP contribution in [0, 0.1) is 0 Å². The van der Waals surface area contributed by atoms with Crippen LogP contribution in [0.4, 0.5) is 0 Å². The Morgan fingerprint density at radius 2 is 2.08 bits per heavy atom. The number of hydrogen-bond acceptors (Lipinski definition) is 0. The van der Waals surface area contributed by atoms with E-state index in [2.05, 4.69) is 51.2 Å². The Kier molecular flexibility index (Phi) is 2.69. The molecule has 2 aromatic rings. The Hall–Kier alpha value is -0.760. The number of benzene rings is 1. The summed E-state index contributed by atoms with van der Waals surface area (Å²) in [4.78, 5) is 3.41. The van der Waals surface area contributed by atoms with E-state index in [0.717, 1.165) is 11.8 Å². The van der Waals surface area contributed by atoms with Crippen LogP contribution in [-0.2, 0) is 6.42 Å². The van der Waals surface area contributed by atoms with E-state index in [1.807, 2.05) is 0 Å². The Bertz CT molecular complexity index is 359. The van der Waals surface area contributed by atoms with Crippen molar-refractivity contribution in [2.45, 2.75) is 12.8 Å². The van der Waals surface area contributed by atoms with E-state index >= 15 is 0 Å². The van der Waals surface area contributed by atoms with Crippen molar-refractivity contribution in [2.24, 2.45) is 0 Å². The number of halogens is 1. The van der Waals surface area contributed by atoms with Crippen LogP contribution in [0.5, 0.6) is 0 Å². The van der Waals surface area contributed by atoms with E-state index in [1.165, 1.54) is 23.0 Å². The van der Waals surface area contributed by atoms with Gasteiger partial charge in [-0.3, -0.25) is 0 Å². The molecule has 2 heteroatoms. The minimum Gasteiger partial charge on any atom is -0.358 e. The van der Waals surface area contributed by atoms with Crippen LogP contribution in [0.3, 0.4) is 0 Å². The number of nitrogens with one attached hydrogen (secondary N) is 1. The molecule has 0 unspecified atom stereocenters. The molecule has 1 aromatic carbocycles. The van der Waals surface area contributed by atoms with E-state index in [4.69, 9.17) is 0 Å². The summed E-state index contributed by atoms with van der Waals surface area (Å²) in [5.41, 5.74) is 2.58. The maximum atomic E-state index is 3.44. The predicted octanol–water partition coefficient (Wildman–Crippen LogP) is 3.50. The van der Waals surface area contributed by atoms with Crippen molar-refractivity contribution in [3.8, 4) is 0 Å². The first-order valence-corrected chi connectivity index (χ1v) is 5.65. The average molecular weight is 238 g/mol. The lowest BCUT2D eigenvalue weighted by atomic mass is 10.2. The van der Waals surface area contributed by atoms with Crippen molar-refractivity contribution in [3.63, 3.8) is 0 Å². The fraction of sp³-hybridized carbons (Fsp3) is 0.273. The molecule has 0 radical (unpaired) electrons. The second kappa shape index (κ2) is 3.97. The number of hydrogen-bond donors (Lipinski definition) is 1. The lowest BCUT2D eigenvalue weighted by Crippen LogP contribution is -1.84. The van der Waals surface area contributed by atoms with Crippen molar-refractivity contribution >= 4 is 26.8 Å². The van der Waals surface area contributed by atoms with Gasteiger partial charge in [-0.1, -0.05) is 34.1 Å². The molecule has 0 spiro atoms. The second-order valence-electron chi connectivity index (χ2n) is 3.17. The minimum atomic E-state index is 1.07. The van der Waals surface area contributed by atoms with Gasteiger partial charge in [0.2, 0.25) is 0 Å². The number of aryl methyl sites for hydroxylation is 1. The first-order valence-electron chi connectivity index (χ1n) is 4.53. The third-order valence-electron chi connectivity index (χ3n) is 2.17. The van der Waals surface area contributed by atoms with Crippen molar-refractivity contribution < 1.29 is 0 Å². The van der Waals surface area contributed by atoms with Gasteiger partial charge in [0.05, 0.1) is 0 Å². The fourth-order valence-electron chi connectivity index (χ4n) is 1.53. The molecule has 1 N–H and O–H groups in total. The molecule has 0 aliphatic carbocycles. The van der Waals surface area contributed by atoms with Gasteiger partial charge in [0.25, 0.3) is 0 Å². The molecule has 2 rings (SSSR count).